The van der Waals surface area contributed by atoms with Crippen LogP contribution in [0.1, 0.15) is 21.7 Å². The van der Waals surface area contributed by atoms with Crippen LogP contribution in [0, 0.1) is 13.8 Å². The van der Waals surface area contributed by atoms with Crippen LogP contribution in [0.3, 0.4) is 0 Å². The van der Waals surface area contributed by atoms with Gasteiger partial charge in [0.1, 0.15) is 10.8 Å². The van der Waals surface area contributed by atoms with Gasteiger partial charge >= 0.3 is 12.1 Å². The quantitative estimate of drug-likeness (QED) is 0.510. The summed E-state index contributed by atoms with van der Waals surface area (Å²) in [7, 11) is 0. The van der Waals surface area contributed by atoms with Gasteiger partial charge in [-0.05, 0) is 49.7 Å². The Kier molecular flexibility index (Phi) is 6.31. The van der Waals surface area contributed by atoms with Crippen molar-refractivity contribution >= 4 is 23.0 Å². The average Bonchev–Trinajstić information content (AvgIpc) is 3.05. The van der Waals surface area contributed by atoms with Crippen molar-refractivity contribution in [2.75, 3.05) is 11.9 Å². The number of hydrogen-bond donors (Lipinski definition) is 2. The van der Waals surface area contributed by atoms with E-state index < -0.39 is 24.3 Å². The number of hydrogen-bond acceptors (Lipinski definition) is 5. The van der Waals surface area contributed by atoms with Gasteiger partial charge in [-0.1, -0.05) is 12.1 Å². The van der Waals surface area contributed by atoms with Crippen molar-refractivity contribution in [1.29, 1.82) is 0 Å². The number of aryl methyl sites for hydroxylation is 2. The molecule has 0 fully saturated rings. The number of carbonyl (C=O) groups is 1. The van der Waals surface area contributed by atoms with Gasteiger partial charge in [0.05, 0.1) is 17.8 Å². The molecule has 2 N–H and O–H groups in total. The summed E-state index contributed by atoms with van der Waals surface area (Å²) in [5, 5.41) is 12.6. The van der Waals surface area contributed by atoms with Gasteiger partial charge in [0, 0.05) is 16.1 Å². The van der Waals surface area contributed by atoms with Crippen LogP contribution >= 0.6 is 11.3 Å². The highest BCUT2D eigenvalue weighted by atomic mass is 32.1. The van der Waals surface area contributed by atoms with Crippen LogP contribution in [-0.2, 0) is 17.5 Å². The zero-order chi connectivity index (χ0) is 21.9. The summed E-state index contributed by atoms with van der Waals surface area (Å²) < 4.78 is 43.4. The first-order valence-electron chi connectivity index (χ1n) is 8.96. The molecule has 158 valence electrons. The first kappa shape index (κ1) is 21.6. The molecule has 0 unspecified atom stereocenters. The van der Waals surface area contributed by atoms with Crippen LogP contribution in [0.2, 0.25) is 0 Å². The number of carboxylic acids is 1. The van der Waals surface area contributed by atoms with Crippen LogP contribution in [0.5, 0.6) is 5.75 Å². The van der Waals surface area contributed by atoms with Crippen molar-refractivity contribution in [3.05, 3.63) is 64.2 Å². The molecular formula is C21H19F3N2O3S. The lowest BCUT2D eigenvalue weighted by Crippen LogP contribution is -2.10. The van der Waals surface area contributed by atoms with Gasteiger partial charge in [0.15, 0.2) is 6.61 Å². The fourth-order valence-electron chi connectivity index (χ4n) is 2.76. The number of rotatable bonds is 7. The highest BCUT2D eigenvalue weighted by Gasteiger charge is 2.30. The molecule has 0 radical (unpaired) electrons. The standard InChI is InChI=1S/C21H19F3N2O3S/c1-12-9-16(7-8-17(12)29-11-19(27)28)25-10-18-13(2)26-20(30-18)14-3-5-15(6-4-14)21(22,23)24/h3-9,25H,10-11H2,1-2H3,(H,27,28). The Labute approximate surface area is 175 Å². The monoisotopic (exact) mass is 436 g/mol. The summed E-state index contributed by atoms with van der Waals surface area (Å²) in [6.45, 7) is 3.78. The molecule has 0 aliphatic rings. The lowest BCUT2D eigenvalue weighted by molar-refractivity contribution is -0.139. The molecule has 0 saturated heterocycles. The van der Waals surface area contributed by atoms with Gasteiger partial charge in [-0.25, -0.2) is 9.78 Å². The second-order valence-corrected chi connectivity index (χ2v) is 7.70. The normalized spacial score (nSPS) is 11.4. The largest absolute Gasteiger partial charge is 0.482 e. The average molecular weight is 436 g/mol. The number of nitrogens with one attached hydrogen (secondary N) is 1. The second-order valence-electron chi connectivity index (χ2n) is 6.62. The fraction of sp³-hybridized carbons (Fsp3) is 0.238. The van der Waals surface area contributed by atoms with E-state index in [0.717, 1.165) is 34.0 Å². The van der Waals surface area contributed by atoms with Crippen molar-refractivity contribution in [3.8, 4) is 16.3 Å². The van der Waals surface area contributed by atoms with E-state index in [1.165, 1.54) is 23.5 Å². The summed E-state index contributed by atoms with van der Waals surface area (Å²) in [5.41, 5.74) is 2.39. The van der Waals surface area contributed by atoms with Crippen molar-refractivity contribution in [3.63, 3.8) is 0 Å². The number of thiazole rings is 1. The van der Waals surface area contributed by atoms with E-state index in [0.29, 0.717) is 22.9 Å². The molecule has 0 bridgehead atoms. The number of halogens is 3. The zero-order valence-corrected chi connectivity index (χ0v) is 17.0. The molecule has 5 nitrogen and oxygen atoms in total. The second kappa shape index (κ2) is 8.74. The van der Waals surface area contributed by atoms with Crippen molar-refractivity contribution in [2.24, 2.45) is 0 Å². The number of aliphatic carboxylic acids is 1. The van der Waals surface area contributed by atoms with E-state index in [9.17, 15) is 18.0 Å². The van der Waals surface area contributed by atoms with E-state index >= 15 is 0 Å². The molecule has 0 spiro atoms. The van der Waals surface area contributed by atoms with Crippen LogP contribution in [0.4, 0.5) is 18.9 Å². The number of aromatic nitrogens is 1. The number of ether oxygens (including phenoxy) is 1. The van der Waals surface area contributed by atoms with Gasteiger partial charge in [0.25, 0.3) is 0 Å². The lowest BCUT2D eigenvalue weighted by Gasteiger charge is -2.10. The fourth-order valence-corrected chi connectivity index (χ4v) is 3.77. The first-order chi connectivity index (χ1) is 14.1. The Hall–Kier alpha value is -3.07. The third-order valence-corrected chi connectivity index (χ3v) is 5.54. The van der Waals surface area contributed by atoms with Gasteiger partial charge in [-0.2, -0.15) is 13.2 Å². The summed E-state index contributed by atoms with van der Waals surface area (Å²) in [6, 6.07) is 10.3. The molecule has 0 aliphatic heterocycles. The molecule has 2 aromatic carbocycles. The first-order valence-corrected chi connectivity index (χ1v) is 9.78. The predicted octanol–water partition coefficient (Wildman–Crippen LogP) is 5.52. The Morgan fingerprint density at radius 3 is 2.47 bits per heavy atom. The van der Waals surface area contributed by atoms with Crippen molar-refractivity contribution < 1.29 is 27.8 Å². The number of benzene rings is 2. The topological polar surface area (TPSA) is 71.5 Å². The minimum atomic E-state index is -4.36. The molecule has 0 amide bonds. The molecule has 3 rings (SSSR count). The molecule has 0 atom stereocenters. The number of anilines is 1. The van der Waals surface area contributed by atoms with Crippen LogP contribution in [0.25, 0.3) is 10.6 Å². The number of nitrogens with zero attached hydrogens (tertiary/aromatic N) is 1. The van der Waals surface area contributed by atoms with E-state index in [4.69, 9.17) is 9.84 Å². The van der Waals surface area contributed by atoms with E-state index in [2.05, 4.69) is 10.3 Å². The third-order valence-electron chi connectivity index (χ3n) is 4.33. The number of carboxylic acid groups (broad SMARTS) is 1. The van der Waals surface area contributed by atoms with Crippen LogP contribution in [0.15, 0.2) is 42.5 Å². The Morgan fingerprint density at radius 1 is 1.17 bits per heavy atom. The Bertz CT molecular complexity index is 1050. The van der Waals surface area contributed by atoms with E-state index in [1.807, 2.05) is 19.9 Å². The van der Waals surface area contributed by atoms with Crippen molar-refractivity contribution in [2.45, 2.75) is 26.6 Å². The molecule has 0 aliphatic carbocycles. The molecule has 0 saturated carbocycles. The molecule has 3 aromatic rings. The minimum absolute atomic E-state index is 0.402. The predicted molar refractivity (Wildman–Crippen MR) is 109 cm³/mol. The SMILES string of the molecule is Cc1cc(NCc2sc(-c3ccc(C(F)(F)F)cc3)nc2C)ccc1OCC(=O)O. The van der Waals surface area contributed by atoms with Crippen molar-refractivity contribution in [1.82, 2.24) is 4.98 Å². The molecular weight excluding hydrogens is 417 g/mol. The summed E-state index contributed by atoms with van der Waals surface area (Å²) >= 11 is 1.42. The number of alkyl halides is 3. The summed E-state index contributed by atoms with van der Waals surface area (Å²) in [6.07, 6.45) is -4.36. The molecule has 1 aromatic heterocycles. The molecule has 9 heteroatoms. The zero-order valence-electron chi connectivity index (χ0n) is 16.2. The molecule has 30 heavy (non-hydrogen) atoms. The van der Waals surface area contributed by atoms with Crippen LogP contribution in [-0.4, -0.2) is 22.7 Å². The Morgan fingerprint density at radius 2 is 1.87 bits per heavy atom. The maximum absolute atomic E-state index is 12.7. The van der Waals surface area contributed by atoms with Gasteiger partial charge in [-0.15, -0.1) is 11.3 Å². The third kappa shape index (κ3) is 5.29. The maximum atomic E-state index is 12.7. The van der Waals surface area contributed by atoms with E-state index in [1.54, 1.807) is 12.1 Å². The highest BCUT2D eigenvalue weighted by molar-refractivity contribution is 7.15. The van der Waals surface area contributed by atoms with Gasteiger partial charge < -0.3 is 15.2 Å². The lowest BCUT2D eigenvalue weighted by atomic mass is 10.1. The maximum Gasteiger partial charge on any atom is 0.416 e. The van der Waals surface area contributed by atoms with Gasteiger partial charge in [0.2, 0.25) is 0 Å². The van der Waals surface area contributed by atoms with Crippen LogP contribution < -0.4 is 10.1 Å². The highest BCUT2D eigenvalue weighted by Crippen LogP contribution is 2.33. The smallest absolute Gasteiger partial charge is 0.416 e. The van der Waals surface area contributed by atoms with E-state index in [-0.39, 0.29) is 0 Å². The Balaban J connectivity index is 1.68. The summed E-state index contributed by atoms with van der Waals surface area (Å²) in [4.78, 5) is 16.1. The minimum Gasteiger partial charge on any atom is -0.482 e. The molecule has 1 heterocycles. The summed E-state index contributed by atoms with van der Waals surface area (Å²) in [5.74, 6) is -0.539. The van der Waals surface area contributed by atoms with Gasteiger partial charge in [-0.3, -0.25) is 0 Å².